The van der Waals surface area contributed by atoms with Crippen LogP contribution in [-0.4, -0.2) is 43.3 Å². The van der Waals surface area contributed by atoms with Crippen LogP contribution in [0.15, 0.2) is 0 Å². The lowest BCUT2D eigenvalue weighted by atomic mass is 9.99. The summed E-state index contributed by atoms with van der Waals surface area (Å²) in [5.41, 5.74) is -0.110. The summed E-state index contributed by atoms with van der Waals surface area (Å²) >= 11 is 0. The number of rotatable bonds is 8. The van der Waals surface area contributed by atoms with Crippen molar-refractivity contribution in [3.63, 3.8) is 0 Å². The van der Waals surface area contributed by atoms with Gasteiger partial charge in [-0.2, -0.15) is 0 Å². The van der Waals surface area contributed by atoms with E-state index in [0.29, 0.717) is 19.1 Å². The highest BCUT2D eigenvalue weighted by atomic mass is 16.6. The molecule has 1 amide bonds. The van der Waals surface area contributed by atoms with Gasteiger partial charge in [0, 0.05) is 7.05 Å². The third-order valence-corrected chi connectivity index (χ3v) is 3.38. The molecular formula is C18H35NO4. The van der Waals surface area contributed by atoms with Gasteiger partial charge >= 0.3 is 12.1 Å². The van der Waals surface area contributed by atoms with Gasteiger partial charge in [0.15, 0.2) is 0 Å². The van der Waals surface area contributed by atoms with Crippen molar-refractivity contribution >= 4 is 12.1 Å². The van der Waals surface area contributed by atoms with Gasteiger partial charge in [0.25, 0.3) is 0 Å². The highest BCUT2D eigenvalue weighted by Crippen LogP contribution is 2.17. The molecule has 0 aliphatic heterocycles. The summed E-state index contributed by atoms with van der Waals surface area (Å²) in [6, 6.07) is -0.624. The van der Waals surface area contributed by atoms with Crippen molar-refractivity contribution in [2.45, 2.75) is 67.3 Å². The molecule has 0 heterocycles. The average molecular weight is 329 g/mol. The maximum Gasteiger partial charge on any atom is 0.410 e. The van der Waals surface area contributed by atoms with E-state index in [4.69, 9.17) is 9.47 Å². The molecule has 0 aromatic rings. The van der Waals surface area contributed by atoms with Gasteiger partial charge in [-0.15, -0.1) is 0 Å². The Morgan fingerprint density at radius 3 is 2.04 bits per heavy atom. The Bertz CT molecular complexity index is 372. The van der Waals surface area contributed by atoms with Crippen LogP contribution in [0, 0.1) is 17.3 Å². The maximum absolute atomic E-state index is 12.3. The second-order valence-electron chi connectivity index (χ2n) is 8.12. The van der Waals surface area contributed by atoms with Crippen LogP contribution in [0.2, 0.25) is 0 Å². The second-order valence-corrected chi connectivity index (χ2v) is 8.12. The topological polar surface area (TPSA) is 55.8 Å². The van der Waals surface area contributed by atoms with Crippen LogP contribution in [-0.2, 0) is 14.3 Å². The lowest BCUT2D eigenvalue weighted by Crippen LogP contribution is -2.47. The van der Waals surface area contributed by atoms with Gasteiger partial charge in [0.2, 0.25) is 0 Å². The van der Waals surface area contributed by atoms with Gasteiger partial charge in [0.05, 0.1) is 13.2 Å². The van der Waals surface area contributed by atoms with Crippen LogP contribution in [0.1, 0.15) is 61.3 Å². The van der Waals surface area contributed by atoms with E-state index in [1.165, 1.54) is 4.90 Å². The normalized spacial score (nSPS) is 13.1. The van der Waals surface area contributed by atoms with E-state index in [9.17, 15) is 9.59 Å². The average Bonchev–Trinajstić information content (AvgIpc) is 2.39. The molecule has 0 rings (SSSR count). The quantitative estimate of drug-likeness (QED) is 0.497. The summed E-state index contributed by atoms with van der Waals surface area (Å²) < 4.78 is 10.6. The van der Waals surface area contributed by atoms with E-state index in [0.717, 1.165) is 12.8 Å². The van der Waals surface area contributed by atoms with Crippen molar-refractivity contribution in [1.82, 2.24) is 4.90 Å². The van der Waals surface area contributed by atoms with Crippen LogP contribution >= 0.6 is 0 Å². The Morgan fingerprint density at radius 1 is 1.04 bits per heavy atom. The summed E-state index contributed by atoms with van der Waals surface area (Å²) in [6.07, 6.45) is 1.37. The SMILES string of the molecule is CC(C)CCCOC(=O)C(C(C)C)N(C)C(=O)OCC(C)(C)C. The molecule has 0 aromatic carbocycles. The van der Waals surface area contributed by atoms with Gasteiger partial charge < -0.3 is 9.47 Å². The number of hydrogen-bond acceptors (Lipinski definition) is 4. The molecule has 0 aromatic heterocycles. The minimum atomic E-state index is -0.624. The van der Waals surface area contributed by atoms with Crippen LogP contribution in [0.4, 0.5) is 4.79 Å². The number of likely N-dealkylation sites (N-methyl/N-ethyl adjacent to an activating group) is 1. The van der Waals surface area contributed by atoms with Crippen molar-refractivity contribution in [3.8, 4) is 0 Å². The summed E-state index contributed by atoms with van der Waals surface area (Å²) in [5.74, 6) is 0.184. The molecule has 0 radical (unpaired) electrons. The fourth-order valence-electron chi connectivity index (χ4n) is 2.12. The molecular weight excluding hydrogens is 294 g/mol. The highest BCUT2D eigenvalue weighted by molar-refractivity contribution is 5.81. The summed E-state index contributed by atoms with van der Waals surface area (Å²) in [6.45, 7) is 14.7. The predicted octanol–water partition coefficient (Wildman–Crippen LogP) is 4.10. The molecule has 5 heteroatoms. The molecule has 0 spiro atoms. The molecule has 136 valence electrons. The van der Waals surface area contributed by atoms with Crippen molar-refractivity contribution < 1.29 is 19.1 Å². The number of ether oxygens (including phenoxy) is 2. The van der Waals surface area contributed by atoms with Crippen LogP contribution in [0.5, 0.6) is 0 Å². The molecule has 0 aliphatic rings. The molecule has 0 aliphatic carbocycles. The van der Waals surface area contributed by atoms with Crippen molar-refractivity contribution in [1.29, 1.82) is 0 Å². The van der Waals surface area contributed by atoms with Crippen molar-refractivity contribution in [2.75, 3.05) is 20.3 Å². The molecule has 1 atom stereocenters. The number of carbonyl (C=O) groups excluding carboxylic acids is 2. The van der Waals surface area contributed by atoms with Crippen molar-refractivity contribution in [3.05, 3.63) is 0 Å². The van der Waals surface area contributed by atoms with Crippen LogP contribution in [0.25, 0.3) is 0 Å². The molecule has 0 saturated heterocycles. The monoisotopic (exact) mass is 329 g/mol. The first-order valence-electron chi connectivity index (χ1n) is 8.52. The lowest BCUT2D eigenvalue weighted by Gasteiger charge is -2.29. The number of nitrogens with zero attached hydrogens (tertiary/aromatic N) is 1. The van der Waals surface area contributed by atoms with Gasteiger partial charge in [-0.1, -0.05) is 48.5 Å². The van der Waals surface area contributed by atoms with Crippen molar-refractivity contribution in [2.24, 2.45) is 17.3 Å². The van der Waals surface area contributed by atoms with Gasteiger partial charge in [-0.05, 0) is 30.1 Å². The zero-order chi connectivity index (χ0) is 18.2. The third-order valence-electron chi connectivity index (χ3n) is 3.38. The van der Waals surface area contributed by atoms with E-state index in [1.807, 2.05) is 34.6 Å². The number of hydrogen-bond donors (Lipinski definition) is 0. The minimum absolute atomic E-state index is 0.0419. The zero-order valence-electron chi connectivity index (χ0n) is 16.1. The minimum Gasteiger partial charge on any atom is -0.464 e. The first-order valence-corrected chi connectivity index (χ1v) is 8.52. The van der Waals surface area contributed by atoms with E-state index < -0.39 is 12.1 Å². The summed E-state index contributed by atoms with van der Waals surface area (Å²) in [5, 5.41) is 0. The molecule has 0 bridgehead atoms. The maximum atomic E-state index is 12.3. The van der Waals surface area contributed by atoms with Gasteiger partial charge in [-0.25, -0.2) is 9.59 Å². The Labute approximate surface area is 141 Å². The predicted molar refractivity (Wildman–Crippen MR) is 92.2 cm³/mol. The Balaban J connectivity index is 4.57. The molecule has 23 heavy (non-hydrogen) atoms. The van der Waals surface area contributed by atoms with E-state index in [2.05, 4.69) is 13.8 Å². The van der Waals surface area contributed by atoms with E-state index in [1.54, 1.807) is 7.05 Å². The van der Waals surface area contributed by atoms with E-state index in [-0.39, 0.29) is 17.3 Å². The Morgan fingerprint density at radius 2 is 1.61 bits per heavy atom. The molecule has 0 saturated carbocycles. The fraction of sp³-hybridized carbons (Fsp3) is 0.889. The second kappa shape index (κ2) is 9.78. The standard InChI is InChI=1S/C18H35NO4/c1-13(2)10-9-11-22-16(20)15(14(3)4)19(8)17(21)23-12-18(5,6)7/h13-15H,9-12H2,1-8H3. The molecule has 0 fully saturated rings. The number of carbonyl (C=O) groups is 2. The Hall–Kier alpha value is -1.26. The summed E-state index contributed by atoms with van der Waals surface area (Å²) in [4.78, 5) is 25.8. The smallest absolute Gasteiger partial charge is 0.410 e. The highest BCUT2D eigenvalue weighted by Gasteiger charge is 2.32. The molecule has 5 nitrogen and oxygen atoms in total. The zero-order valence-corrected chi connectivity index (χ0v) is 16.1. The Kier molecular flexibility index (Phi) is 9.25. The summed E-state index contributed by atoms with van der Waals surface area (Å²) in [7, 11) is 1.59. The number of amides is 1. The lowest BCUT2D eigenvalue weighted by molar-refractivity contribution is -0.151. The van der Waals surface area contributed by atoms with Crippen LogP contribution < -0.4 is 0 Å². The molecule has 0 N–H and O–H groups in total. The third kappa shape index (κ3) is 9.47. The molecule has 1 unspecified atom stereocenters. The van der Waals surface area contributed by atoms with Gasteiger partial charge in [0.1, 0.15) is 6.04 Å². The largest absolute Gasteiger partial charge is 0.464 e. The first-order chi connectivity index (χ1) is 10.5. The first kappa shape index (κ1) is 21.7. The van der Waals surface area contributed by atoms with E-state index >= 15 is 0 Å². The fourth-order valence-corrected chi connectivity index (χ4v) is 2.12. The van der Waals surface area contributed by atoms with Gasteiger partial charge in [-0.3, -0.25) is 4.90 Å². The number of esters is 1. The van der Waals surface area contributed by atoms with Crippen LogP contribution in [0.3, 0.4) is 0 Å².